The molecule has 0 aromatic heterocycles. The summed E-state index contributed by atoms with van der Waals surface area (Å²) in [6, 6.07) is 0. The van der Waals surface area contributed by atoms with Crippen molar-refractivity contribution in [3.05, 3.63) is 11.3 Å². The van der Waals surface area contributed by atoms with Gasteiger partial charge in [0, 0.05) is 6.54 Å². The summed E-state index contributed by atoms with van der Waals surface area (Å²) >= 11 is 0. The molecule has 0 aromatic rings. The second kappa shape index (κ2) is 7.42. The van der Waals surface area contributed by atoms with Crippen molar-refractivity contribution in [2.75, 3.05) is 13.1 Å². The van der Waals surface area contributed by atoms with Crippen LogP contribution in [0.5, 0.6) is 0 Å². The molecule has 0 saturated carbocycles. The summed E-state index contributed by atoms with van der Waals surface area (Å²) in [4.78, 5) is 26.4. The quantitative estimate of drug-likeness (QED) is 0.672. The van der Waals surface area contributed by atoms with E-state index in [0.717, 1.165) is 0 Å². The van der Waals surface area contributed by atoms with Crippen LogP contribution in [0.1, 0.15) is 62.3 Å². The molecule has 0 radical (unpaired) electrons. The Labute approximate surface area is 148 Å². The van der Waals surface area contributed by atoms with Gasteiger partial charge in [0.1, 0.15) is 5.60 Å². The largest absolute Gasteiger partial charge is 0.444 e. The van der Waals surface area contributed by atoms with E-state index in [1.165, 1.54) is 5.20 Å². The normalized spacial score (nSPS) is 16.9. The summed E-state index contributed by atoms with van der Waals surface area (Å²) in [5.41, 5.74) is 0.977. The molecule has 1 heterocycles. The fourth-order valence-electron chi connectivity index (χ4n) is 4.57. The highest BCUT2D eigenvalue weighted by atomic mass is 28.3. The van der Waals surface area contributed by atoms with E-state index in [1.54, 1.807) is 4.90 Å². The zero-order valence-electron chi connectivity index (χ0n) is 16.9. The van der Waals surface area contributed by atoms with Gasteiger partial charge in [0.25, 0.3) is 0 Å². The maximum absolute atomic E-state index is 12.5. The van der Waals surface area contributed by atoms with Gasteiger partial charge in [0.05, 0.1) is 14.6 Å². The molecule has 1 amide bonds. The highest BCUT2D eigenvalue weighted by Crippen LogP contribution is 2.47. The summed E-state index contributed by atoms with van der Waals surface area (Å²) in [7, 11) is -1.92. The minimum absolute atomic E-state index is 0.0148. The number of hydrogen-bond donors (Lipinski definition) is 0. The van der Waals surface area contributed by atoms with Gasteiger partial charge in [-0.05, 0) is 43.5 Å². The Morgan fingerprint density at radius 2 is 1.50 bits per heavy atom. The lowest BCUT2D eigenvalue weighted by molar-refractivity contribution is -0.116. The van der Waals surface area contributed by atoms with Gasteiger partial charge in [-0.2, -0.15) is 0 Å². The third kappa shape index (κ3) is 4.29. The van der Waals surface area contributed by atoms with Crippen molar-refractivity contribution in [2.24, 2.45) is 0 Å². The molecule has 24 heavy (non-hydrogen) atoms. The van der Waals surface area contributed by atoms with Crippen LogP contribution in [0.3, 0.4) is 0 Å². The summed E-state index contributed by atoms with van der Waals surface area (Å²) in [6.07, 6.45) is 1.45. The molecule has 0 saturated heterocycles. The summed E-state index contributed by atoms with van der Waals surface area (Å²) in [5.74, 6) is 0.0148. The number of carbonyl (C=O) groups is 2. The Hall–Kier alpha value is -1.10. The zero-order chi connectivity index (χ0) is 18.9. The summed E-state index contributed by atoms with van der Waals surface area (Å²) in [5, 5.41) is 1.20. The number of ether oxygens (including phenoxy) is 1. The highest BCUT2D eigenvalue weighted by molar-refractivity contribution is 6.90. The molecule has 0 bridgehead atoms. The van der Waals surface area contributed by atoms with Gasteiger partial charge in [0.15, 0.2) is 5.78 Å². The minimum atomic E-state index is -1.92. The Morgan fingerprint density at radius 3 is 1.88 bits per heavy atom. The fourth-order valence-corrected chi connectivity index (χ4v) is 11.7. The Morgan fingerprint density at radius 1 is 1.04 bits per heavy atom. The van der Waals surface area contributed by atoms with Crippen molar-refractivity contribution >= 4 is 20.0 Å². The van der Waals surface area contributed by atoms with Crippen LogP contribution < -0.4 is 0 Å². The van der Waals surface area contributed by atoms with E-state index in [0.29, 0.717) is 23.2 Å². The molecule has 0 fully saturated rings. The molecule has 4 nitrogen and oxygen atoms in total. The van der Waals surface area contributed by atoms with Crippen LogP contribution >= 0.6 is 0 Å². The molecular formula is C19H35NO3Si. The fraction of sp³-hybridized carbons (Fsp3) is 0.789. The molecule has 1 aliphatic heterocycles. The number of nitrogens with zero attached hydrogens (tertiary/aromatic N) is 1. The topological polar surface area (TPSA) is 46.6 Å². The first-order chi connectivity index (χ1) is 10.8. The first kappa shape index (κ1) is 20.9. The van der Waals surface area contributed by atoms with Gasteiger partial charge in [0.2, 0.25) is 0 Å². The average Bonchev–Trinajstić information content (AvgIpc) is 2.35. The standard InChI is InChI=1S/C19H35NO3Si/c1-13(2)24(14(3)4,15(5)6)17-10-16(21)11-20(12-17)18(22)23-19(7,8)9/h10,13-15H,11-12H2,1-9H3. The number of ketones is 1. The van der Waals surface area contributed by atoms with Crippen molar-refractivity contribution in [2.45, 2.75) is 84.5 Å². The van der Waals surface area contributed by atoms with E-state index in [1.807, 2.05) is 26.8 Å². The van der Waals surface area contributed by atoms with Crippen LogP contribution in [0, 0.1) is 0 Å². The number of hydrogen-bond acceptors (Lipinski definition) is 3. The van der Waals surface area contributed by atoms with Gasteiger partial charge in [-0.1, -0.05) is 46.7 Å². The van der Waals surface area contributed by atoms with Crippen molar-refractivity contribution in [1.29, 1.82) is 0 Å². The van der Waals surface area contributed by atoms with E-state index in [-0.39, 0.29) is 18.4 Å². The van der Waals surface area contributed by atoms with Crippen molar-refractivity contribution in [1.82, 2.24) is 4.90 Å². The third-order valence-electron chi connectivity index (χ3n) is 5.12. The molecular weight excluding hydrogens is 318 g/mol. The van der Waals surface area contributed by atoms with Crippen molar-refractivity contribution in [3.8, 4) is 0 Å². The van der Waals surface area contributed by atoms with Crippen molar-refractivity contribution < 1.29 is 14.3 Å². The molecule has 1 aliphatic rings. The van der Waals surface area contributed by atoms with Crippen LogP contribution in [0.25, 0.3) is 0 Å². The third-order valence-corrected chi connectivity index (χ3v) is 12.3. The van der Waals surface area contributed by atoms with E-state index in [4.69, 9.17) is 4.74 Å². The van der Waals surface area contributed by atoms with Gasteiger partial charge in [-0.25, -0.2) is 4.79 Å². The number of carbonyl (C=O) groups excluding carboxylic acids is 2. The van der Waals surface area contributed by atoms with E-state index < -0.39 is 13.7 Å². The second-order valence-electron chi connectivity index (χ2n) is 8.87. The first-order valence-electron chi connectivity index (χ1n) is 9.04. The van der Waals surface area contributed by atoms with Gasteiger partial charge in [-0.3, -0.25) is 9.69 Å². The zero-order valence-corrected chi connectivity index (χ0v) is 17.9. The summed E-state index contributed by atoms with van der Waals surface area (Å²) < 4.78 is 5.49. The van der Waals surface area contributed by atoms with Crippen LogP contribution in [-0.4, -0.2) is 43.5 Å². The first-order valence-corrected chi connectivity index (χ1v) is 11.3. The monoisotopic (exact) mass is 353 g/mol. The molecule has 1 rings (SSSR count). The lowest BCUT2D eigenvalue weighted by Gasteiger charge is -2.47. The molecule has 0 spiro atoms. The SMILES string of the molecule is CC(C)[Si](C1=CC(=O)CN(C(=O)OC(C)(C)C)C1)(C(C)C)C(C)C. The molecule has 0 aromatic carbocycles. The predicted molar refractivity (Wildman–Crippen MR) is 102 cm³/mol. The lowest BCUT2D eigenvalue weighted by Crippen LogP contribution is -2.53. The molecule has 5 heteroatoms. The smallest absolute Gasteiger partial charge is 0.410 e. The molecule has 138 valence electrons. The van der Waals surface area contributed by atoms with Crippen molar-refractivity contribution in [3.63, 3.8) is 0 Å². The number of amides is 1. The number of rotatable bonds is 4. The van der Waals surface area contributed by atoms with Crippen LogP contribution in [0.4, 0.5) is 4.79 Å². The lowest BCUT2D eigenvalue weighted by atomic mass is 10.2. The predicted octanol–water partition coefficient (Wildman–Crippen LogP) is 4.95. The molecule has 0 aliphatic carbocycles. The molecule has 0 unspecified atom stereocenters. The Bertz CT molecular complexity index is 493. The summed E-state index contributed by atoms with van der Waals surface area (Å²) in [6.45, 7) is 19.8. The maximum Gasteiger partial charge on any atom is 0.410 e. The van der Waals surface area contributed by atoms with E-state index >= 15 is 0 Å². The van der Waals surface area contributed by atoms with E-state index in [9.17, 15) is 9.59 Å². The molecule has 0 N–H and O–H groups in total. The minimum Gasteiger partial charge on any atom is -0.444 e. The average molecular weight is 354 g/mol. The van der Waals surface area contributed by atoms with E-state index in [2.05, 4.69) is 41.5 Å². The second-order valence-corrected chi connectivity index (χ2v) is 14.8. The van der Waals surface area contributed by atoms with Crippen LogP contribution in [-0.2, 0) is 9.53 Å². The van der Waals surface area contributed by atoms with Crippen LogP contribution in [0.2, 0.25) is 16.6 Å². The van der Waals surface area contributed by atoms with Gasteiger partial charge in [-0.15, -0.1) is 0 Å². The maximum atomic E-state index is 12.5. The van der Waals surface area contributed by atoms with Gasteiger partial charge >= 0.3 is 6.09 Å². The Balaban J connectivity index is 3.23. The Kier molecular flexibility index (Phi) is 6.47. The van der Waals surface area contributed by atoms with Gasteiger partial charge < -0.3 is 4.74 Å². The molecule has 0 atom stereocenters. The van der Waals surface area contributed by atoms with Crippen LogP contribution in [0.15, 0.2) is 11.3 Å². The highest BCUT2D eigenvalue weighted by Gasteiger charge is 2.47.